The van der Waals surface area contributed by atoms with Gasteiger partial charge in [0.05, 0.1) is 12.8 Å². The molecule has 1 aromatic carbocycles. The summed E-state index contributed by atoms with van der Waals surface area (Å²) in [5, 5.41) is 13.4. The molecule has 0 aliphatic heterocycles. The first-order valence-corrected chi connectivity index (χ1v) is 7.22. The third-order valence-corrected chi connectivity index (χ3v) is 3.37. The normalized spacial score (nSPS) is 14.9. The number of amides is 1. The van der Waals surface area contributed by atoms with Gasteiger partial charge in [-0.2, -0.15) is 0 Å². The zero-order valence-electron chi connectivity index (χ0n) is 12.4. The van der Waals surface area contributed by atoms with Gasteiger partial charge in [0.25, 0.3) is 5.91 Å². The number of benzene rings is 1. The van der Waals surface area contributed by atoms with Crippen molar-refractivity contribution < 1.29 is 19.1 Å². The molecule has 2 atom stereocenters. The third kappa shape index (κ3) is 4.26. The summed E-state index contributed by atoms with van der Waals surface area (Å²) in [4.78, 5) is 12.0. The number of hydrogen-bond acceptors (Lipinski definition) is 4. The van der Waals surface area contributed by atoms with Gasteiger partial charge >= 0.3 is 0 Å². The Balaban J connectivity index is 1.89. The summed E-state index contributed by atoms with van der Waals surface area (Å²) in [5.41, 5.74) is -1.28. The van der Waals surface area contributed by atoms with Crippen molar-refractivity contribution in [1.29, 1.82) is 0 Å². The lowest BCUT2D eigenvalue weighted by Crippen LogP contribution is -2.43. The van der Waals surface area contributed by atoms with Crippen LogP contribution in [0.4, 0.5) is 0 Å². The molecular formula is C16H18ClNO4. The number of nitrogens with one attached hydrogen (secondary N) is 1. The second kappa shape index (κ2) is 6.85. The van der Waals surface area contributed by atoms with Crippen LogP contribution in [0.3, 0.4) is 0 Å². The van der Waals surface area contributed by atoms with E-state index in [0.29, 0.717) is 16.5 Å². The number of halogens is 1. The van der Waals surface area contributed by atoms with Gasteiger partial charge in [-0.25, -0.2) is 0 Å². The Morgan fingerprint density at radius 3 is 2.86 bits per heavy atom. The number of furan rings is 1. The largest absolute Gasteiger partial charge is 0.481 e. The second-order valence-electron chi connectivity index (χ2n) is 5.19. The van der Waals surface area contributed by atoms with E-state index in [-0.39, 0.29) is 12.5 Å². The van der Waals surface area contributed by atoms with Crippen LogP contribution in [0.2, 0.25) is 5.02 Å². The van der Waals surface area contributed by atoms with Crippen LogP contribution in [-0.2, 0) is 10.4 Å². The molecule has 0 spiro atoms. The highest BCUT2D eigenvalue weighted by atomic mass is 35.5. The van der Waals surface area contributed by atoms with E-state index >= 15 is 0 Å². The average Bonchev–Trinajstić information content (AvgIpc) is 3.00. The minimum atomic E-state index is -1.28. The Morgan fingerprint density at radius 1 is 1.45 bits per heavy atom. The zero-order valence-corrected chi connectivity index (χ0v) is 13.1. The third-order valence-electron chi connectivity index (χ3n) is 3.14. The van der Waals surface area contributed by atoms with E-state index in [0.717, 1.165) is 0 Å². The van der Waals surface area contributed by atoms with Crippen LogP contribution in [-0.4, -0.2) is 23.7 Å². The summed E-state index contributed by atoms with van der Waals surface area (Å²) in [6.07, 6.45) is 0.752. The molecular weight excluding hydrogens is 306 g/mol. The van der Waals surface area contributed by atoms with E-state index in [1.807, 2.05) is 0 Å². The molecule has 5 nitrogen and oxygen atoms in total. The lowest BCUT2D eigenvalue weighted by atomic mass is 10.0. The molecule has 118 valence electrons. The summed E-state index contributed by atoms with van der Waals surface area (Å²) in [7, 11) is 0. The van der Waals surface area contributed by atoms with Crippen LogP contribution in [0.25, 0.3) is 0 Å². The van der Waals surface area contributed by atoms with Crippen LogP contribution in [0.15, 0.2) is 47.1 Å². The molecule has 2 N–H and O–H groups in total. The molecule has 0 aliphatic carbocycles. The van der Waals surface area contributed by atoms with Gasteiger partial charge in [-0.3, -0.25) is 4.79 Å². The predicted octanol–water partition coefficient (Wildman–Crippen LogP) is 2.72. The van der Waals surface area contributed by atoms with Crippen molar-refractivity contribution in [2.45, 2.75) is 25.6 Å². The topological polar surface area (TPSA) is 71.7 Å². The zero-order chi connectivity index (χ0) is 16.2. The van der Waals surface area contributed by atoms with Crippen molar-refractivity contribution in [2.24, 2.45) is 0 Å². The molecule has 2 rings (SSSR count). The van der Waals surface area contributed by atoms with E-state index in [4.69, 9.17) is 20.8 Å². The molecule has 0 aliphatic rings. The molecule has 2 unspecified atom stereocenters. The summed E-state index contributed by atoms with van der Waals surface area (Å²) in [6, 6.07) is 10.1. The van der Waals surface area contributed by atoms with Crippen molar-refractivity contribution >= 4 is 17.5 Å². The molecule has 2 aromatic rings. The van der Waals surface area contributed by atoms with Crippen LogP contribution in [0, 0.1) is 0 Å². The fourth-order valence-corrected chi connectivity index (χ4v) is 2.05. The Morgan fingerprint density at radius 2 is 2.23 bits per heavy atom. The quantitative estimate of drug-likeness (QED) is 0.857. The number of ether oxygens (including phenoxy) is 1. The Labute approximate surface area is 133 Å². The fourth-order valence-electron chi connectivity index (χ4n) is 1.87. The van der Waals surface area contributed by atoms with E-state index in [1.165, 1.54) is 6.26 Å². The molecule has 1 amide bonds. The van der Waals surface area contributed by atoms with Gasteiger partial charge in [-0.05, 0) is 44.2 Å². The molecule has 6 heteroatoms. The first-order valence-electron chi connectivity index (χ1n) is 6.85. The fraction of sp³-hybridized carbons (Fsp3) is 0.312. The van der Waals surface area contributed by atoms with Gasteiger partial charge in [0.2, 0.25) is 0 Å². The standard InChI is InChI=1S/C16H18ClNO4/c1-11(22-13-6-3-5-12(17)9-13)15(19)18-10-16(2,20)14-7-4-8-21-14/h3-9,11,20H,10H2,1-2H3,(H,18,19). The minimum Gasteiger partial charge on any atom is -0.481 e. The molecule has 1 aromatic heterocycles. The van der Waals surface area contributed by atoms with Crippen molar-refractivity contribution in [3.8, 4) is 5.75 Å². The Bertz CT molecular complexity index is 625. The van der Waals surface area contributed by atoms with Gasteiger partial charge in [-0.15, -0.1) is 0 Å². The molecule has 0 bridgehead atoms. The summed E-state index contributed by atoms with van der Waals surface area (Å²) < 4.78 is 10.7. The molecule has 22 heavy (non-hydrogen) atoms. The van der Waals surface area contributed by atoms with Crippen LogP contribution < -0.4 is 10.1 Å². The van der Waals surface area contributed by atoms with Crippen molar-refractivity contribution in [2.75, 3.05) is 6.54 Å². The highest BCUT2D eigenvalue weighted by molar-refractivity contribution is 6.30. The first-order chi connectivity index (χ1) is 10.4. The molecule has 0 saturated carbocycles. The monoisotopic (exact) mass is 323 g/mol. The first kappa shape index (κ1) is 16.4. The van der Waals surface area contributed by atoms with Crippen molar-refractivity contribution in [3.63, 3.8) is 0 Å². The van der Waals surface area contributed by atoms with Crippen molar-refractivity contribution in [1.82, 2.24) is 5.32 Å². The van der Waals surface area contributed by atoms with Crippen LogP contribution in [0.1, 0.15) is 19.6 Å². The predicted molar refractivity (Wildman–Crippen MR) is 82.8 cm³/mol. The van der Waals surface area contributed by atoms with Gasteiger partial charge in [0, 0.05) is 5.02 Å². The lowest BCUT2D eigenvalue weighted by Gasteiger charge is -2.22. The SMILES string of the molecule is CC(Oc1cccc(Cl)c1)C(=O)NCC(C)(O)c1ccco1. The minimum absolute atomic E-state index is 0.0165. The molecule has 0 fully saturated rings. The smallest absolute Gasteiger partial charge is 0.260 e. The molecule has 0 saturated heterocycles. The Kier molecular flexibility index (Phi) is 5.11. The highest BCUT2D eigenvalue weighted by Crippen LogP contribution is 2.20. The number of rotatable bonds is 6. The van der Waals surface area contributed by atoms with Crippen molar-refractivity contribution in [3.05, 3.63) is 53.4 Å². The lowest BCUT2D eigenvalue weighted by molar-refractivity contribution is -0.128. The summed E-state index contributed by atoms with van der Waals surface area (Å²) in [6.45, 7) is 3.20. The van der Waals surface area contributed by atoms with Gasteiger partial charge < -0.3 is 19.6 Å². The Hall–Kier alpha value is -1.98. The van der Waals surface area contributed by atoms with E-state index in [1.54, 1.807) is 50.2 Å². The maximum atomic E-state index is 12.0. The number of carbonyl (C=O) groups excluding carboxylic acids is 1. The summed E-state index contributed by atoms with van der Waals surface area (Å²) >= 11 is 5.86. The number of hydrogen-bond donors (Lipinski definition) is 2. The second-order valence-corrected chi connectivity index (χ2v) is 5.62. The van der Waals surface area contributed by atoms with E-state index in [2.05, 4.69) is 5.32 Å². The van der Waals surface area contributed by atoms with E-state index < -0.39 is 11.7 Å². The van der Waals surface area contributed by atoms with E-state index in [9.17, 15) is 9.90 Å². The van der Waals surface area contributed by atoms with Gasteiger partial charge in [0.1, 0.15) is 17.1 Å². The maximum absolute atomic E-state index is 12.0. The summed E-state index contributed by atoms with van der Waals surface area (Å²) in [5.74, 6) is 0.552. The average molecular weight is 324 g/mol. The maximum Gasteiger partial charge on any atom is 0.260 e. The van der Waals surface area contributed by atoms with Crippen LogP contribution >= 0.6 is 11.6 Å². The number of aliphatic hydroxyl groups is 1. The van der Waals surface area contributed by atoms with Gasteiger partial charge in [0.15, 0.2) is 6.10 Å². The molecule has 1 heterocycles. The molecule has 0 radical (unpaired) electrons. The van der Waals surface area contributed by atoms with Crippen LogP contribution in [0.5, 0.6) is 5.75 Å². The highest BCUT2D eigenvalue weighted by Gasteiger charge is 2.28. The van der Waals surface area contributed by atoms with Gasteiger partial charge in [-0.1, -0.05) is 17.7 Å². The number of carbonyl (C=O) groups is 1.